The maximum absolute atomic E-state index is 5.58. The Hall–Kier alpha value is -0.850. The summed E-state index contributed by atoms with van der Waals surface area (Å²) in [7, 11) is 0. The molecule has 21 heavy (non-hydrogen) atoms. The van der Waals surface area contributed by atoms with E-state index in [0.29, 0.717) is 6.61 Å². The van der Waals surface area contributed by atoms with E-state index < -0.39 is 0 Å². The molecule has 6 heteroatoms. The van der Waals surface area contributed by atoms with E-state index in [1.54, 1.807) is 6.20 Å². The first-order chi connectivity index (χ1) is 10.2. The van der Waals surface area contributed by atoms with Gasteiger partial charge in [-0.1, -0.05) is 0 Å². The van der Waals surface area contributed by atoms with E-state index in [1.807, 2.05) is 13.1 Å². The number of aromatic nitrogens is 2. The number of hydrogen-bond acceptors (Lipinski definition) is 3. The van der Waals surface area contributed by atoms with Crippen molar-refractivity contribution < 1.29 is 4.74 Å². The van der Waals surface area contributed by atoms with Gasteiger partial charge in [-0.2, -0.15) is 0 Å². The lowest BCUT2D eigenvalue weighted by molar-refractivity contribution is 0.336. The van der Waals surface area contributed by atoms with Crippen LogP contribution in [-0.2, 0) is 13.0 Å². The molecule has 0 fully saturated rings. The first kappa shape index (κ1) is 16.5. The third kappa shape index (κ3) is 5.13. The molecule has 0 unspecified atom stereocenters. The molecule has 0 amide bonds. The highest BCUT2D eigenvalue weighted by Crippen LogP contribution is 2.34. The molecule has 1 aromatic carbocycles. The summed E-state index contributed by atoms with van der Waals surface area (Å²) in [4.78, 5) is 7.33. The first-order valence-electron chi connectivity index (χ1n) is 7.00. The highest BCUT2D eigenvalue weighted by Gasteiger charge is 2.08. The molecule has 0 aliphatic rings. The molecule has 0 saturated carbocycles. The van der Waals surface area contributed by atoms with Crippen LogP contribution in [0.2, 0.25) is 0 Å². The van der Waals surface area contributed by atoms with Crippen molar-refractivity contribution in [2.45, 2.75) is 26.3 Å². The minimum atomic E-state index is 0.654. The van der Waals surface area contributed by atoms with Gasteiger partial charge in [-0.25, -0.2) is 4.98 Å². The van der Waals surface area contributed by atoms with Crippen LogP contribution in [0.25, 0.3) is 0 Å². The van der Waals surface area contributed by atoms with Gasteiger partial charge in [0.1, 0.15) is 11.6 Å². The number of halogens is 2. The van der Waals surface area contributed by atoms with Gasteiger partial charge in [0, 0.05) is 25.4 Å². The zero-order valence-corrected chi connectivity index (χ0v) is 15.1. The minimum Gasteiger partial charge on any atom is -0.492 e. The Morgan fingerprint density at radius 3 is 2.67 bits per heavy atom. The van der Waals surface area contributed by atoms with Gasteiger partial charge in [-0.15, -0.1) is 0 Å². The van der Waals surface area contributed by atoms with E-state index >= 15 is 0 Å². The zero-order valence-electron chi connectivity index (χ0n) is 12.0. The van der Waals surface area contributed by atoms with Crippen molar-refractivity contribution in [3.05, 3.63) is 44.9 Å². The standard InChI is InChI=1S/C15H19Br2N3O/c1-2-21-15-12(16)8-11(9-13(15)17)10-18-5-3-4-14-19-6-7-20-14/h6-9,18H,2-5,10H2,1H3,(H,19,20). The monoisotopic (exact) mass is 415 g/mol. The fraction of sp³-hybridized carbons (Fsp3) is 0.400. The number of hydrogen-bond donors (Lipinski definition) is 2. The predicted molar refractivity (Wildman–Crippen MR) is 91.6 cm³/mol. The molecule has 1 heterocycles. The average Bonchev–Trinajstić information content (AvgIpc) is 2.96. The van der Waals surface area contributed by atoms with Gasteiger partial charge in [0.05, 0.1) is 15.6 Å². The lowest BCUT2D eigenvalue weighted by atomic mass is 10.2. The first-order valence-corrected chi connectivity index (χ1v) is 8.59. The van der Waals surface area contributed by atoms with Gasteiger partial charge in [-0.05, 0) is 69.4 Å². The molecular weight excluding hydrogens is 398 g/mol. The number of ether oxygens (including phenoxy) is 1. The summed E-state index contributed by atoms with van der Waals surface area (Å²) in [5.74, 6) is 1.91. The molecule has 0 saturated heterocycles. The number of aryl methyl sites for hydroxylation is 1. The van der Waals surface area contributed by atoms with Crippen molar-refractivity contribution in [3.63, 3.8) is 0 Å². The molecule has 2 N–H and O–H groups in total. The third-order valence-corrected chi connectivity index (χ3v) is 4.18. The summed E-state index contributed by atoms with van der Waals surface area (Å²) in [5.41, 5.74) is 1.22. The Bertz CT molecular complexity index is 535. The third-order valence-electron chi connectivity index (χ3n) is 3.00. The second-order valence-electron chi connectivity index (χ2n) is 4.64. The second-order valence-corrected chi connectivity index (χ2v) is 6.35. The largest absolute Gasteiger partial charge is 0.492 e. The average molecular weight is 417 g/mol. The number of aromatic amines is 1. The molecule has 0 atom stereocenters. The Morgan fingerprint density at radius 1 is 1.29 bits per heavy atom. The molecule has 0 aliphatic heterocycles. The van der Waals surface area contributed by atoms with E-state index in [2.05, 4.69) is 59.3 Å². The van der Waals surface area contributed by atoms with Crippen LogP contribution in [0, 0.1) is 0 Å². The summed E-state index contributed by atoms with van der Waals surface area (Å²) in [6.45, 7) is 4.43. The van der Waals surface area contributed by atoms with E-state index in [1.165, 1.54) is 5.56 Å². The van der Waals surface area contributed by atoms with E-state index in [9.17, 15) is 0 Å². The Balaban J connectivity index is 1.78. The van der Waals surface area contributed by atoms with Crippen LogP contribution < -0.4 is 10.1 Å². The normalized spacial score (nSPS) is 10.8. The molecule has 0 aliphatic carbocycles. The lowest BCUT2D eigenvalue weighted by Crippen LogP contribution is -2.15. The lowest BCUT2D eigenvalue weighted by Gasteiger charge is -2.11. The number of rotatable bonds is 8. The Morgan fingerprint density at radius 2 is 2.05 bits per heavy atom. The fourth-order valence-electron chi connectivity index (χ4n) is 2.04. The number of nitrogens with one attached hydrogen (secondary N) is 2. The van der Waals surface area contributed by atoms with Crippen molar-refractivity contribution in [3.8, 4) is 5.75 Å². The summed E-state index contributed by atoms with van der Waals surface area (Å²) in [6.07, 6.45) is 5.68. The summed E-state index contributed by atoms with van der Waals surface area (Å²) in [6, 6.07) is 4.19. The SMILES string of the molecule is CCOc1c(Br)cc(CNCCCc2ncc[nH]2)cc1Br. The molecular formula is C15H19Br2N3O. The maximum Gasteiger partial charge on any atom is 0.147 e. The molecule has 114 valence electrons. The summed E-state index contributed by atoms with van der Waals surface area (Å²) in [5, 5.41) is 3.45. The van der Waals surface area contributed by atoms with Gasteiger partial charge in [0.25, 0.3) is 0 Å². The highest BCUT2D eigenvalue weighted by molar-refractivity contribution is 9.11. The van der Waals surface area contributed by atoms with Crippen molar-refractivity contribution in [1.82, 2.24) is 15.3 Å². The van der Waals surface area contributed by atoms with Gasteiger partial charge in [0.2, 0.25) is 0 Å². The molecule has 0 spiro atoms. The number of H-pyrrole nitrogens is 1. The molecule has 4 nitrogen and oxygen atoms in total. The highest BCUT2D eigenvalue weighted by atomic mass is 79.9. The molecule has 2 rings (SSSR count). The quantitative estimate of drug-likeness (QED) is 0.638. The Kier molecular flexibility index (Phi) is 6.73. The molecule has 0 radical (unpaired) electrons. The van der Waals surface area contributed by atoms with Crippen molar-refractivity contribution in [2.24, 2.45) is 0 Å². The number of imidazole rings is 1. The topological polar surface area (TPSA) is 49.9 Å². The number of nitrogens with zero attached hydrogens (tertiary/aromatic N) is 1. The molecule has 2 aromatic rings. The van der Waals surface area contributed by atoms with Crippen LogP contribution in [0.5, 0.6) is 5.75 Å². The smallest absolute Gasteiger partial charge is 0.147 e. The van der Waals surface area contributed by atoms with Crippen LogP contribution in [0.15, 0.2) is 33.5 Å². The second kappa shape index (κ2) is 8.56. The van der Waals surface area contributed by atoms with Crippen LogP contribution in [0.3, 0.4) is 0 Å². The van der Waals surface area contributed by atoms with E-state index in [4.69, 9.17) is 4.74 Å². The van der Waals surface area contributed by atoms with Crippen LogP contribution in [0.1, 0.15) is 24.7 Å². The summed E-state index contributed by atoms with van der Waals surface area (Å²) >= 11 is 7.11. The number of benzene rings is 1. The minimum absolute atomic E-state index is 0.654. The summed E-state index contributed by atoms with van der Waals surface area (Å²) < 4.78 is 7.54. The van der Waals surface area contributed by atoms with Gasteiger partial charge < -0.3 is 15.0 Å². The fourth-order valence-corrected chi connectivity index (χ4v) is 3.56. The predicted octanol–water partition coefficient (Wildman–Crippen LogP) is 4.06. The van der Waals surface area contributed by atoms with Gasteiger partial charge in [-0.3, -0.25) is 0 Å². The zero-order chi connectivity index (χ0) is 15.1. The molecule has 1 aromatic heterocycles. The van der Waals surface area contributed by atoms with E-state index in [0.717, 1.165) is 46.5 Å². The molecule has 0 bridgehead atoms. The maximum atomic E-state index is 5.58. The van der Waals surface area contributed by atoms with Crippen molar-refractivity contribution in [2.75, 3.05) is 13.2 Å². The Labute approximate surface area is 142 Å². The van der Waals surface area contributed by atoms with Crippen LogP contribution in [-0.4, -0.2) is 23.1 Å². The van der Waals surface area contributed by atoms with Crippen LogP contribution >= 0.6 is 31.9 Å². The van der Waals surface area contributed by atoms with Crippen LogP contribution in [0.4, 0.5) is 0 Å². The van der Waals surface area contributed by atoms with Crippen molar-refractivity contribution >= 4 is 31.9 Å². The van der Waals surface area contributed by atoms with Crippen molar-refractivity contribution in [1.29, 1.82) is 0 Å². The van der Waals surface area contributed by atoms with Gasteiger partial charge in [0.15, 0.2) is 0 Å². The van der Waals surface area contributed by atoms with Gasteiger partial charge >= 0.3 is 0 Å². The van der Waals surface area contributed by atoms with E-state index in [-0.39, 0.29) is 0 Å².